The van der Waals surface area contributed by atoms with Gasteiger partial charge in [0.15, 0.2) is 5.43 Å². The zero-order valence-electron chi connectivity index (χ0n) is 14.0. The molecule has 6 nitrogen and oxygen atoms in total. The highest BCUT2D eigenvalue weighted by molar-refractivity contribution is 7.16. The fourth-order valence-corrected chi connectivity index (χ4v) is 3.87. The molecule has 2 aromatic carbocycles. The number of amides is 1. The van der Waals surface area contributed by atoms with Crippen molar-refractivity contribution in [3.05, 3.63) is 75.8 Å². The molecule has 0 bridgehead atoms. The van der Waals surface area contributed by atoms with Gasteiger partial charge in [0.05, 0.1) is 15.7 Å². The molecule has 0 aliphatic rings. The molecule has 1 amide bonds. The second-order valence-corrected chi connectivity index (χ2v) is 6.89. The van der Waals surface area contributed by atoms with Gasteiger partial charge in [0.2, 0.25) is 4.80 Å². The van der Waals surface area contributed by atoms with E-state index in [1.807, 2.05) is 54.1 Å². The summed E-state index contributed by atoms with van der Waals surface area (Å²) in [7, 11) is 1.92. The fourth-order valence-electron chi connectivity index (χ4n) is 2.89. The highest BCUT2D eigenvalue weighted by Crippen LogP contribution is 2.15. The number of hydrogen-bond donors (Lipinski definition) is 1. The van der Waals surface area contributed by atoms with Crippen LogP contribution < -0.4 is 15.7 Å². The Kier molecular flexibility index (Phi) is 4.14. The van der Waals surface area contributed by atoms with Crippen molar-refractivity contribution in [2.24, 2.45) is 12.1 Å². The second-order valence-electron chi connectivity index (χ2n) is 5.88. The zero-order chi connectivity index (χ0) is 18.1. The van der Waals surface area contributed by atoms with E-state index in [0.29, 0.717) is 10.2 Å². The van der Waals surface area contributed by atoms with Gasteiger partial charge in [0.1, 0.15) is 6.54 Å². The van der Waals surface area contributed by atoms with Gasteiger partial charge in [-0.25, -0.2) is 5.43 Å². The summed E-state index contributed by atoms with van der Waals surface area (Å²) in [5.41, 5.74) is 4.34. The van der Waals surface area contributed by atoms with Gasteiger partial charge in [-0.1, -0.05) is 35.6 Å². The summed E-state index contributed by atoms with van der Waals surface area (Å²) >= 11 is 1.51. The van der Waals surface area contributed by atoms with Crippen LogP contribution in [0.4, 0.5) is 0 Å². The third kappa shape index (κ3) is 2.93. The predicted octanol–water partition coefficient (Wildman–Crippen LogP) is 2.19. The standard InChI is InChI=1S/C19H16N4O2S/c1-22-15-8-4-5-9-17(15)26-19(22)21-20-18(25)12-23-11-10-16(24)13-6-2-3-7-14(13)23/h2-11H,12H2,1H3,(H,20,25). The molecule has 0 atom stereocenters. The summed E-state index contributed by atoms with van der Waals surface area (Å²) in [6, 6.07) is 16.7. The lowest BCUT2D eigenvalue weighted by Crippen LogP contribution is -2.27. The molecule has 4 rings (SSSR count). The van der Waals surface area contributed by atoms with Crippen molar-refractivity contribution in [2.75, 3.05) is 0 Å². The van der Waals surface area contributed by atoms with Crippen molar-refractivity contribution in [1.82, 2.24) is 14.6 Å². The van der Waals surface area contributed by atoms with Crippen LogP contribution in [0, 0.1) is 0 Å². The number of benzene rings is 2. The number of aryl methyl sites for hydroxylation is 1. The van der Waals surface area contributed by atoms with Gasteiger partial charge in [-0.3, -0.25) is 9.59 Å². The Labute approximate surface area is 152 Å². The van der Waals surface area contributed by atoms with Crippen LogP contribution in [0.1, 0.15) is 0 Å². The molecule has 4 aromatic rings. The first-order valence-corrected chi connectivity index (χ1v) is 8.90. The monoisotopic (exact) mass is 364 g/mol. The third-order valence-corrected chi connectivity index (χ3v) is 5.30. The molecule has 2 aromatic heterocycles. The molecule has 0 radical (unpaired) electrons. The summed E-state index contributed by atoms with van der Waals surface area (Å²) in [4.78, 5) is 25.0. The maximum Gasteiger partial charge on any atom is 0.260 e. The van der Waals surface area contributed by atoms with Gasteiger partial charge in [-0.15, -0.1) is 5.10 Å². The number of carbonyl (C=O) groups excluding carboxylic acids is 1. The molecule has 0 spiro atoms. The Morgan fingerprint density at radius 3 is 2.62 bits per heavy atom. The molecule has 0 saturated carbocycles. The highest BCUT2D eigenvalue weighted by atomic mass is 32.1. The van der Waals surface area contributed by atoms with Crippen LogP contribution in [0.3, 0.4) is 0 Å². The maximum atomic E-state index is 12.3. The Hall–Kier alpha value is -3.19. The molecule has 0 aliphatic carbocycles. The van der Waals surface area contributed by atoms with Crippen LogP contribution >= 0.6 is 11.3 Å². The normalized spacial score (nSPS) is 12.0. The first-order chi connectivity index (χ1) is 12.6. The van der Waals surface area contributed by atoms with E-state index in [9.17, 15) is 9.59 Å². The van der Waals surface area contributed by atoms with Crippen molar-refractivity contribution in [3.63, 3.8) is 0 Å². The molecule has 0 unspecified atom stereocenters. The zero-order valence-corrected chi connectivity index (χ0v) is 14.9. The van der Waals surface area contributed by atoms with Crippen molar-refractivity contribution < 1.29 is 4.79 Å². The Morgan fingerprint density at radius 2 is 1.81 bits per heavy atom. The minimum absolute atomic E-state index is 0.0563. The van der Waals surface area contributed by atoms with E-state index in [2.05, 4.69) is 10.5 Å². The Morgan fingerprint density at radius 1 is 1.08 bits per heavy atom. The van der Waals surface area contributed by atoms with Crippen molar-refractivity contribution >= 4 is 38.4 Å². The lowest BCUT2D eigenvalue weighted by molar-refractivity contribution is -0.121. The van der Waals surface area contributed by atoms with Crippen LogP contribution in [0.2, 0.25) is 0 Å². The summed E-state index contributed by atoms with van der Waals surface area (Å²) < 4.78 is 4.79. The predicted molar refractivity (Wildman–Crippen MR) is 103 cm³/mol. The molecule has 26 heavy (non-hydrogen) atoms. The number of fused-ring (bicyclic) bond motifs is 2. The van der Waals surface area contributed by atoms with Gasteiger partial charge < -0.3 is 9.13 Å². The van der Waals surface area contributed by atoms with Crippen LogP contribution in [0.5, 0.6) is 0 Å². The summed E-state index contributed by atoms with van der Waals surface area (Å²) in [6.07, 6.45) is 1.63. The van der Waals surface area contributed by atoms with E-state index in [1.54, 1.807) is 16.8 Å². The fraction of sp³-hybridized carbons (Fsp3) is 0.105. The number of hydrogen-bond acceptors (Lipinski definition) is 4. The van der Waals surface area contributed by atoms with Gasteiger partial charge in [-0.05, 0) is 24.3 Å². The number of aromatic nitrogens is 2. The third-order valence-electron chi connectivity index (χ3n) is 4.19. The van der Waals surface area contributed by atoms with E-state index in [0.717, 1.165) is 15.7 Å². The second kappa shape index (κ2) is 6.61. The number of rotatable bonds is 3. The summed E-state index contributed by atoms with van der Waals surface area (Å²) in [5, 5.41) is 4.84. The topological polar surface area (TPSA) is 68.4 Å². The average Bonchev–Trinajstić information content (AvgIpc) is 2.99. The number of pyridine rings is 1. The van der Waals surface area contributed by atoms with Crippen LogP contribution in [-0.2, 0) is 18.4 Å². The molecule has 0 fully saturated rings. The van der Waals surface area contributed by atoms with Crippen molar-refractivity contribution in [1.29, 1.82) is 0 Å². The molecular formula is C19H16N4O2S. The maximum absolute atomic E-state index is 12.3. The molecular weight excluding hydrogens is 348 g/mol. The van der Waals surface area contributed by atoms with E-state index in [-0.39, 0.29) is 17.9 Å². The number of nitrogens with one attached hydrogen (secondary N) is 1. The van der Waals surface area contributed by atoms with E-state index < -0.39 is 0 Å². The molecule has 0 aliphatic heterocycles. The minimum Gasteiger partial charge on any atom is -0.338 e. The van der Waals surface area contributed by atoms with Gasteiger partial charge >= 0.3 is 0 Å². The smallest absolute Gasteiger partial charge is 0.260 e. The van der Waals surface area contributed by atoms with Crippen LogP contribution in [0.25, 0.3) is 21.1 Å². The van der Waals surface area contributed by atoms with Crippen LogP contribution in [-0.4, -0.2) is 15.0 Å². The number of carbonyl (C=O) groups is 1. The van der Waals surface area contributed by atoms with E-state index in [1.165, 1.54) is 17.4 Å². The van der Waals surface area contributed by atoms with Crippen molar-refractivity contribution in [3.8, 4) is 0 Å². The Balaban J connectivity index is 1.61. The first-order valence-electron chi connectivity index (χ1n) is 8.09. The molecule has 130 valence electrons. The van der Waals surface area contributed by atoms with E-state index in [4.69, 9.17) is 0 Å². The molecule has 0 saturated heterocycles. The van der Waals surface area contributed by atoms with Gasteiger partial charge in [-0.2, -0.15) is 0 Å². The first kappa shape index (κ1) is 16.3. The van der Waals surface area contributed by atoms with Gasteiger partial charge in [0.25, 0.3) is 5.91 Å². The molecule has 2 heterocycles. The average molecular weight is 364 g/mol. The largest absolute Gasteiger partial charge is 0.338 e. The number of para-hydroxylation sites is 2. The minimum atomic E-state index is -0.253. The lowest BCUT2D eigenvalue weighted by Gasteiger charge is -2.09. The number of nitrogens with zero attached hydrogens (tertiary/aromatic N) is 3. The quantitative estimate of drug-likeness (QED) is 0.566. The van der Waals surface area contributed by atoms with E-state index >= 15 is 0 Å². The highest BCUT2D eigenvalue weighted by Gasteiger charge is 2.07. The number of thiazole rings is 1. The summed E-state index contributed by atoms with van der Waals surface area (Å²) in [6.45, 7) is 0.0822. The summed E-state index contributed by atoms with van der Waals surface area (Å²) in [5.74, 6) is -0.253. The molecule has 7 heteroatoms. The van der Waals surface area contributed by atoms with Crippen molar-refractivity contribution in [2.45, 2.75) is 6.54 Å². The SMILES string of the molecule is Cn1c(=NNC(=O)Cn2ccc(=O)c3ccccc32)sc2ccccc21. The van der Waals surface area contributed by atoms with Crippen LogP contribution in [0.15, 0.2) is 70.7 Å². The lowest BCUT2D eigenvalue weighted by atomic mass is 10.2. The Bertz CT molecular complexity index is 1250. The molecule has 1 N–H and O–H groups in total. The van der Waals surface area contributed by atoms with Gasteiger partial charge in [0, 0.05) is 24.7 Å².